The summed E-state index contributed by atoms with van der Waals surface area (Å²) in [5, 5.41) is 0. The number of rotatable bonds is 4. The zero-order valence-corrected chi connectivity index (χ0v) is 10.5. The molecule has 0 saturated carbocycles. The number of carbonyl (C=O) groups excluding carboxylic acids is 1. The average Bonchev–Trinajstić information content (AvgIpc) is 2.32. The minimum absolute atomic E-state index is 0.0470. The third kappa shape index (κ3) is 2.69. The van der Waals surface area contributed by atoms with Gasteiger partial charge in [0.1, 0.15) is 5.76 Å². The molecule has 0 radical (unpaired) electrons. The molecular formula is C13H19NO3. The molecule has 4 heteroatoms. The van der Waals surface area contributed by atoms with Gasteiger partial charge in [-0.3, -0.25) is 4.79 Å². The van der Waals surface area contributed by atoms with Gasteiger partial charge in [0.05, 0.1) is 5.70 Å². The summed E-state index contributed by atoms with van der Waals surface area (Å²) in [4.78, 5) is 13.7. The minimum Gasteiger partial charge on any atom is -0.486 e. The maximum Gasteiger partial charge on any atom is 0.264 e. The van der Waals surface area contributed by atoms with Crippen molar-refractivity contribution in [3.05, 3.63) is 23.1 Å². The normalized spacial score (nSPS) is 20.0. The standard InChI is InChI=1S/C13H19NO3/c1-10-4-5-12-11(8-10)14(6-3-7-16-2)13(15)9-17-12/h8H,3-7,9H2,1-2H3. The van der Waals surface area contributed by atoms with Gasteiger partial charge in [-0.25, -0.2) is 0 Å². The van der Waals surface area contributed by atoms with Gasteiger partial charge in [0, 0.05) is 26.7 Å². The van der Waals surface area contributed by atoms with Crippen LogP contribution in [0.3, 0.4) is 0 Å². The van der Waals surface area contributed by atoms with Crippen LogP contribution in [0.5, 0.6) is 0 Å². The Morgan fingerprint density at radius 1 is 1.47 bits per heavy atom. The zero-order valence-electron chi connectivity index (χ0n) is 10.5. The van der Waals surface area contributed by atoms with Crippen LogP contribution in [0.2, 0.25) is 0 Å². The highest BCUT2D eigenvalue weighted by Gasteiger charge is 2.28. The summed E-state index contributed by atoms with van der Waals surface area (Å²) in [5.41, 5.74) is 2.26. The van der Waals surface area contributed by atoms with Gasteiger partial charge >= 0.3 is 0 Å². The fourth-order valence-electron chi connectivity index (χ4n) is 2.17. The second kappa shape index (κ2) is 5.36. The molecule has 1 heterocycles. The Bertz CT molecular complexity index is 371. The number of hydrogen-bond acceptors (Lipinski definition) is 3. The first-order valence-corrected chi connectivity index (χ1v) is 6.05. The van der Waals surface area contributed by atoms with E-state index in [4.69, 9.17) is 9.47 Å². The van der Waals surface area contributed by atoms with Gasteiger partial charge in [0.25, 0.3) is 5.91 Å². The Morgan fingerprint density at radius 3 is 3.06 bits per heavy atom. The summed E-state index contributed by atoms with van der Waals surface area (Å²) in [6.07, 6.45) is 4.86. The van der Waals surface area contributed by atoms with Crippen molar-refractivity contribution in [3.63, 3.8) is 0 Å². The molecular weight excluding hydrogens is 218 g/mol. The van der Waals surface area contributed by atoms with Crippen LogP contribution < -0.4 is 0 Å². The van der Waals surface area contributed by atoms with Gasteiger partial charge < -0.3 is 14.4 Å². The summed E-state index contributed by atoms with van der Waals surface area (Å²) in [6.45, 7) is 3.66. The highest BCUT2D eigenvalue weighted by molar-refractivity contribution is 5.81. The van der Waals surface area contributed by atoms with Gasteiger partial charge in [-0.15, -0.1) is 0 Å². The number of allylic oxidation sites excluding steroid dienone is 3. The molecule has 0 atom stereocenters. The van der Waals surface area contributed by atoms with Gasteiger partial charge in [-0.1, -0.05) is 5.57 Å². The first kappa shape index (κ1) is 12.2. The summed E-state index contributed by atoms with van der Waals surface area (Å²) in [5.74, 6) is 1.01. The summed E-state index contributed by atoms with van der Waals surface area (Å²) >= 11 is 0. The maximum atomic E-state index is 11.8. The number of methoxy groups -OCH3 is 1. The molecule has 0 aromatic carbocycles. The Balaban J connectivity index is 2.13. The third-order valence-electron chi connectivity index (χ3n) is 3.11. The van der Waals surface area contributed by atoms with E-state index >= 15 is 0 Å². The highest BCUT2D eigenvalue weighted by Crippen LogP contribution is 2.30. The van der Waals surface area contributed by atoms with Gasteiger partial charge in [-0.2, -0.15) is 0 Å². The Labute approximate surface area is 102 Å². The van der Waals surface area contributed by atoms with Crippen LogP contribution in [0.4, 0.5) is 0 Å². The lowest BCUT2D eigenvalue weighted by Crippen LogP contribution is -2.39. The number of ether oxygens (including phenoxy) is 2. The van der Waals surface area contributed by atoms with E-state index in [1.54, 1.807) is 7.11 Å². The van der Waals surface area contributed by atoms with Crippen molar-refractivity contribution in [1.82, 2.24) is 4.90 Å². The van der Waals surface area contributed by atoms with Crippen molar-refractivity contribution in [2.75, 3.05) is 26.9 Å². The monoisotopic (exact) mass is 237 g/mol. The molecule has 0 bridgehead atoms. The lowest BCUT2D eigenvalue weighted by Gasteiger charge is -2.33. The molecule has 94 valence electrons. The van der Waals surface area contributed by atoms with Crippen LogP contribution in [-0.2, 0) is 14.3 Å². The lowest BCUT2D eigenvalue weighted by atomic mass is 10.0. The molecule has 17 heavy (non-hydrogen) atoms. The van der Waals surface area contributed by atoms with E-state index in [1.807, 2.05) is 4.90 Å². The largest absolute Gasteiger partial charge is 0.486 e. The molecule has 0 aromatic heterocycles. The van der Waals surface area contributed by atoms with Gasteiger partial charge in [0.15, 0.2) is 6.61 Å². The molecule has 0 saturated heterocycles. The number of carbonyl (C=O) groups is 1. The molecule has 4 nitrogen and oxygen atoms in total. The van der Waals surface area contributed by atoms with E-state index in [2.05, 4.69) is 13.0 Å². The molecule has 0 fully saturated rings. The van der Waals surface area contributed by atoms with Crippen LogP contribution in [0, 0.1) is 0 Å². The first-order valence-electron chi connectivity index (χ1n) is 6.05. The molecule has 1 aliphatic heterocycles. The smallest absolute Gasteiger partial charge is 0.264 e. The van der Waals surface area contributed by atoms with E-state index in [0.29, 0.717) is 13.2 Å². The first-order chi connectivity index (χ1) is 8.22. The number of amides is 1. The summed E-state index contributed by atoms with van der Waals surface area (Å²) < 4.78 is 10.5. The molecule has 0 spiro atoms. The fourth-order valence-corrected chi connectivity index (χ4v) is 2.17. The van der Waals surface area contributed by atoms with Crippen molar-refractivity contribution in [2.45, 2.75) is 26.2 Å². The molecule has 2 rings (SSSR count). The van der Waals surface area contributed by atoms with E-state index in [1.165, 1.54) is 5.57 Å². The molecule has 0 unspecified atom stereocenters. The predicted molar refractivity (Wildman–Crippen MR) is 64.2 cm³/mol. The Kier molecular flexibility index (Phi) is 3.84. The minimum atomic E-state index is 0.0470. The van der Waals surface area contributed by atoms with Crippen LogP contribution >= 0.6 is 0 Å². The zero-order chi connectivity index (χ0) is 12.3. The Hall–Kier alpha value is -1.29. The molecule has 0 N–H and O–H groups in total. The van der Waals surface area contributed by atoms with Crippen molar-refractivity contribution in [3.8, 4) is 0 Å². The molecule has 2 aliphatic rings. The fraction of sp³-hybridized carbons (Fsp3) is 0.615. The number of nitrogens with zero attached hydrogens (tertiary/aromatic N) is 1. The van der Waals surface area contributed by atoms with Crippen molar-refractivity contribution >= 4 is 5.91 Å². The predicted octanol–water partition coefficient (Wildman–Crippen LogP) is 1.83. The second-order valence-electron chi connectivity index (χ2n) is 4.48. The van der Waals surface area contributed by atoms with Gasteiger partial charge in [-0.05, 0) is 25.8 Å². The highest BCUT2D eigenvalue weighted by atomic mass is 16.5. The Morgan fingerprint density at radius 2 is 2.29 bits per heavy atom. The van der Waals surface area contributed by atoms with E-state index in [9.17, 15) is 4.79 Å². The van der Waals surface area contributed by atoms with E-state index < -0.39 is 0 Å². The quantitative estimate of drug-likeness (QED) is 0.700. The summed E-state index contributed by atoms with van der Waals surface area (Å²) in [6, 6.07) is 0. The average molecular weight is 237 g/mol. The van der Waals surface area contributed by atoms with Gasteiger partial charge in [0.2, 0.25) is 0 Å². The van der Waals surface area contributed by atoms with Crippen molar-refractivity contribution in [2.24, 2.45) is 0 Å². The van der Waals surface area contributed by atoms with Crippen LogP contribution in [-0.4, -0.2) is 37.7 Å². The SMILES string of the molecule is COCCCN1C(=O)COC2=C1C=C(C)CC2. The van der Waals surface area contributed by atoms with Crippen molar-refractivity contribution < 1.29 is 14.3 Å². The molecule has 1 aliphatic carbocycles. The van der Waals surface area contributed by atoms with E-state index in [-0.39, 0.29) is 12.5 Å². The molecule has 1 amide bonds. The topological polar surface area (TPSA) is 38.8 Å². The number of hydrogen-bond donors (Lipinski definition) is 0. The van der Waals surface area contributed by atoms with Crippen molar-refractivity contribution in [1.29, 1.82) is 0 Å². The van der Waals surface area contributed by atoms with Crippen LogP contribution in [0.25, 0.3) is 0 Å². The summed E-state index contributed by atoms with van der Waals surface area (Å²) in [7, 11) is 1.68. The second-order valence-corrected chi connectivity index (χ2v) is 4.48. The molecule has 0 aromatic rings. The maximum absolute atomic E-state index is 11.8. The van der Waals surface area contributed by atoms with Crippen LogP contribution in [0.15, 0.2) is 23.1 Å². The lowest BCUT2D eigenvalue weighted by molar-refractivity contribution is -0.135. The van der Waals surface area contributed by atoms with E-state index in [0.717, 1.165) is 30.7 Å². The van der Waals surface area contributed by atoms with Crippen LogP contribution in [0.1, 0.15) is 26.2 Å². The third-order valence-corrected chi connectivity index (χ3v) is 3.11.